The number of hydrogen-bond donors (Lipinski definition) is 2. The zero-order chi connectivity index (χ0) is 22.4. The van der Waals surface area contributed by atoms with Crippen molar-refractivity contribution in [1.82, 2.24) is 5.43 Å². The van der Waals surface area contributed by atoms with E-state index in [0.29, 0.717) is 33.8 Å². The molecular weight excluding hydrogens is 463 g/mol. The highest BCUT2D eigenvalue weighted by molar-refractivity contribution is 7.16. The minimum absolute atomic E-state index is 0.0755. The van der Waals surface area contributed by atoms with Gasteiger partial charge >= 0.3 is 0 Å². The number of ether oxygens (including phenoxy) is 3. The van der Waals surface area contributed by atoms with Gasteiger partial charge in [0.05, 0.1) is 29.8 Å². The second kappa shape index (κ2) is 10.4. The molecule has 3 aromatic rings. The summed E-state index contributed by atoms with van der Waals surface area (Å²) < 4.78 is 17.4. The number of benzene rings is 2. The van der Waals surface area contributed by atoms with Gasteiger partial charge in [0.15, 0.2) is 11.5 Å². The summed E-state index contributed by atoms with van der Waals surface area (Å²) in [6, 6.07) is 11.2. The Labute approximate surface area is 192 Å². The molecule has 1 amide bonds. The van der Waals surface area contributed by atoms with Crippen LogP contribution in [0.25, 0.3) is 0 Å². The van der Waals surface area contributed by atoms with Crippen LogP contribution >= 0.6 is 34.5 Å². The number of aromatic hydroxyl groups is 1. The van der Waals surface area contributed by atoms with E-state index in [0.717, 1.165) is 4.88 Å². The number of methoxy groups -OCH3 is 2. The average Bonchev–Trinajstić information content (AvgIpc) is 3.18. The summed E-state index contributed by atoms with van der Waals surface area (Å²) in [6.07, 6.45) is 1.44. The molecule has 0 unspecified atom stereocenters. The molecular formula is C21H18Cl2N2O5S. The number of carbonyl (C=O) groups excluding carboxylic acids is 1. The first kappa shape index (κ1) is 22.7. The third kappa shape index (κ3) is 5.81. The largest absolute Gasteiger partial charge is 0.506 e. The van der Waals surface area contributed by atoms with Crippen LogP contribution in [0.3, 0.4) is 0 Å². The van der Waals surface area contributed by atoms with Gasteiger partial charge < -0.3 is 19.3 Å². The predicted octanol–water partition coefficient (Wildman–Crippen LogP) is 5.12. The molecule has 162 valence electrons. The highest BCUT2D eigenvalue weighted by Crippen LogP contribution is 2.39. The van der Waals surface area contributed by atoms with Gasteiger partial charge in [0.25, 0.3) is 5.91 Å². The molecule has 2 aromatic carbocycles. The molecule has 0 atom stereocenters. The van der Waals surface area contributed by atoms with Crippen LogP contribution in [0.1, 0.15) is 20.8 Å². The van der Waals surface area contributed by atoms with Gasteiger partial charge in [0, 0.05) is 16.0 Å². The molecule has 0 radical (unpaired) electrons. The van der Waals surface area contributed by atoms with Crippen molar-refractivity contribution in [3.63, 3.8) is 0 Å². The van der Waals surface area contributed by atoms with E-state index in [-0.39, 0.29) is 16.3 Å². The van der Waals surface area contributed by atoms with E-state index in [4.69, 9.17) is 37.4 Å². The number of hydrazone groups is 1. The second-order valence-electron chi connectivity index (χ2n) is 6.11. The van der Waals surface area contributed by atoms with Crippen LogP contribution in [0.5, 0.6) is 23.0 Å². The first-order valence-corrected chi connectivity index (χ1v) is 10.4. The summed E-state index contributed by atoms with van der Waals surface area (Å²) in [7, 11) is 3.03. The molecule has 3 rings (SSSR count). The Morgan fingerprint density at radius 3 is 2.42 bits per heavy atom. The molecule has 0 spiro atoms. The van der Waals surface area contributed by atoms with E-state index >= 15 is 0 Å². The topological polar surface area (TPSA) is 89.4 Å². The lowest BCUT2D eigenvalue weighted by Gasteiger charge is -2.14. The second-order valence-corrected chi connectivity index (χ2v) is 8.32. The number of nitrogens with zero attached hydrogens (tertiary/aromatic N) is 1. The SMILES string of the molecule is COc1cc(/C=N/NC(=O)c2ccc(O)c(Cl)c2)cc(OC)c1OCc1ccc(Cl)s1. The maximum atomic E-state index is 12.2. The van der Waals surface area contributed by atoms with Gasteiger partial charge in [0.1, 0.15) is 12.4 Å². The van der Waals surface area contributed by atoms with Crippen LogP contribution in [0.4, 0.5) is 0 Å². The van der Waals surface area contributed by atoms with E-state index in [1.54, 1.807) is 18.2 Å². The zero-order valence-corrected chi connectivity index (χ0v) is 18.8. The first-order valence-electron chi connectivity index (χ1n) is 8.86. The van der Waals surface area contributed by atoms with Gasteiger partial charge in [-0.2, -0.15) is 5.10 Å². The summed E-state index contributed by atoms with van der Waals surface area (Å²) in [6.45, 7) is 0.308. The van der Waals surface area contributed by atoms with Gasteiger partial charge in [-0.15, -0.1) is 11.3 Å². The summed E-state index contributed by atoms with van der Waals surface area (Å²) in [4.78, 5) is 13.1. The molecule has 0 fully saturated rings. The molecule has 7 nitrogen and oxygen atoms in total. The Morgan fingerprint density at radius 2 is 1.84 bits per heavy atom. The highest BCUT2D eigenvalue weighted by Gasteiger charge is 2.15. The van der Waals surface area contributed by atoms with Crippen molar-refractivity contribution >= 4 is 46.7 Å². The molecule has 1 heterocycles. The van der Waals surface area contributed by atoms with E-state index < -0.39 is 5.91 Å². The quantitative estimate of drug-likeness (QED) is 0.344. The number of rotatable bonds is 8. The Hall–Kier alpha value is -2.94. The van der Waals surface area contributed by atoms with E-state index in [1.807, 2.05) is 6.07 Å². The van der Waals surface area contributed by atoms with Gasteiger partial charge in [-0.25, -0.2) is 5.43 Å². The zero-order valence-electron chi connectivity index (χ0n) is 16.5. The number of thiophene rings is 1. The molecule has 0 bridgehead atoms. The standard InChI is InChI=1S/C21H18Cl2N2O5S/c1-28-17-7-12(10-24-25-21(27)13-3-5-16(26)15(22)9-13)8-18(29-2)20(17)30-11-14-4-6-19(23)31-14/h3-10,26H,11H2,1-2H3,(H,25,27)/b24-10+. The van der Waals surface area contributed by atoms with Crippen LogP contribution in [0, 0.1) is 0 Å². The number of nitrogens with one attached hydrogen (secondary N) is 1. The summed E-state index contributed by atoms with van der Waals surface area (Å²) in [5, 5.41) is 13.5. The molecule has 10 heteroatoms. The van der Waals surface area contributed by atoms with E-state index in [1.165, 1.54) is 50.0 Å². The fourth-order valence-corrected chi connectivity index (χ4v) is 3.75. The third-order valence-electron chi connectivity index (χ3n) is 4.06. The van der Waals surface area contributed by atoms with Gasteiger partial charge in [-0.05, 0) is 42.5 Å². The van der Waals surface area contributed by atoms with Gasteiger partial charge in [-0.1, -0.05) is 23.2 Å². The van der Waals surface area contributed by atoms with Crippen molar-refractivity contribution in [3.8, 4) is 23.0 Å². The normalized spacial score (nSPS) is 10.8. The van der Waals surface area contributed by atoms with Crippen molar-refractivity contribution in [2.24, 2.45) is 5.10 Å². The predicted molar refractivity (Wildman–Crippen MR) is 121 cm³/mol. The number of hydrogen-bond acceptors (Lipinski definition) is 7. The van der Waals surface area contributed by atoms with Crippen LogP contribution < -0.4 is 19.6 Å². The van der Waals surface area contributed by atoms with Gasteiger partial charge in [-0.3, -0.25) is 4.79 Å². The summed E-state index contributed by atoms with van der Waals surface area (Å²) in [5.41, 5.74) is 3.27. The number of amides is 1. The van der Waals surface area contributed by atoms with Crippen molar-refractivity contribution in [1.29, 1.82) is 0 Å². The number of phenols is 1. The highest BCUT2D eigenvalue weighted by atomic mass is 35.5. The number of phenolic OH excluding ortho intramolecular Hbond substituents is 1. The molecule has 0 saturated heterocycles. The van der Waals surface area contributed by atoms with E-state index in [9.17, 15) is 9.90 Å². The minimum Gasteiger partial charge on any atom is -0.506 e. The van der Waals surface area contributed by atoms with E-state index in [2.05, 4.69) is 10.5 Å². The van der Waals surface area contributed by atoms with Crippen molar-refractivity contribution < 1.29 is 24.1 Å². The molecule has 0 aliphatic carbocycles. The molecule has 31 heavy (non-hydrogen) atoms. The fourth-order valence-electron chi connectivity index (χ4n) is 2.57. The average molecular weight is 481 g/mol. The number of carbonyl (C=O) groups is 1. The first-order chi connectivity index (χ1) is 14.9. The Bertz CT molecular complexity index is 1090. The van der Waals surface area contributed by atoms with Crippen LogP contribution in [-0.2, 0) is 6.61 Å². The summed E-state index contributed by atoms with van der Waals surface area (Å²) >= 11 is 13.2. The van der Waals surface area contributed by atoms with Gasteiger partial charge in [0.2, 0.25) is 5.75 Å². The summed E-state index contributed by atoms with van der Waals surface area (Å²) in [5.74, 6) is 0.742. The lowest BCUT2D eigenvalue weighted by Crippen LogP contribution is -2.17. The lowest BCUT2D eigenvalue weighted by molar-refractivity contribution is 0.0955. The Kier molecular flexibility index (Phi) is 7.62. The van der Waals surface area contributed by atoms with Crippen LogP contribution in [0.15, 0.2) is 47.6 Å². The maximum Gasteiger partial charge on any atom is 0.271 e. The third-order valence-corrected chi connectivity index (χ3v) is 5.57. The smallest absolute Gasteiger partial charge is 0.271 e. The molecule has 0 aliphatic heterocycles. The minimum atomic E-state index is -0.480. The molecule has 2 N–H and O–H groups in total. The van der Waals surface area contributed by atoms with Crippen molar-refractivity contribution in [2.75, 3.05) is 14.2 Å². The van der Waals surface area contributed by atoms with Crippen LogP contribution in [0.2, 0.25) is 9.36 Å². The van der Waals surface area contributed by atoms with Crippen molar-refractivity contribution in [3.05, 3.63) is 67.8 Å². The Balaban J connectivity index is 1.73. The fraction of sp³-hybridized carbons (Fsp3) is 0.143. The molecule has 0 saturated carbocycles. The maximum absolute atomic E-state index is 12.2. The monoisotopic (exact) mass is 480 g/mol. The van der Waals surface area contributed by atoms with Crippen LogP contribution in [-0.4, -0.2) is 31.4 Å². The lowest BCUT2D eigenvalue weighted by atomic mass is 10.2. The molecule has 1 aromatic heterocycles. The van der Waals surface area contributed by atoms with Crippen molar-refractivity contribution in [2.45, 2.75) is 6.61 Å². The number of halogens is 2. The molecule has 0 aliphatic rings. The Morgan fingerprint density at radius 1 is 1.13 bits per heavy atom.